The van der Waals surface area contributed by atoms with E-state index >= 15 is 0 Å². The van der Waals surface area contributed by atoms with Crippen LogP contribution >= 0.6 is 0 Å². The zero-order valence-corrected chi connectivity index (χ0v) is 11.2. The van der Waals surface area contributed by atoms with E-state index in [1.54, 1.807) is 19.1 Å². The maximum atomic E-state index is 12.2. The van der Waals surface area contributed by atoms with E-state index in [2.05, 4.69) is 5.32 Å². The van der Waals surface area contributed by atoms with Crippen LogP contribution in [0.25, 0.3) is 0 Å². The van der Waals surface area contributed by atoms with Gasteiger partial charge in [-0.25, -0.2) is 0 Å². The van der Waals surface area contributed by atoms with Gasteiger partial charge in [0, 0.05) is 5.56 Å². The molecule has 0 spiro atoms. The van der Waals surface area contributed by atoms with Gasteiger partial charge in [-0.3, -0.25) is 9.59 Å². The van der Waals surface area contributed by atoms with E-state index in [0.717, 1.165) is 0 Å². The van der Waals surface area contributed by atoms with Crippen molar-refractivity contribution in [3.8, 4) is 0 Å². The number of hydrogen-bond donors (Lipinski definition) is 1. The Morgan fingerprint density at radius 1 is 1.35 bits per heavy atom. The molecule has 1 saturated heterocycles. The predicted octanol–water partition coefficient (Wildman–Crippen LogP) is 1.14. The third-order valence-electron chi connectivity index (χ3n) is 3.82. The van der Waals surface area contributed by atoms with Crippen LogP contribution in [0.2, 0.25) is 0 Å². The van der Waals surface area contributed by atoms with Gasteiger partial charge < -0.3 is 14.8 Å². The van der Waals surface area contributed by atoms with Crippen LogP contribution in [0.4, 0.5) is 0 Å². The Kier molecular flexibility index (Phi) is 3.44. The summed E-state index contributed by atoms with van der Waals surface area (Å²) in [5.41, 5.74) is 0.583. The number of benzene rings is 1. The van der Waals surface area contributed by atoms with Crippen LogP contribution in [0.15, 0.2) is 30.3 Å². The molecule has 1 amide bonds. The average molecular weight is 275 g/mol. The molecule has 1 heterocycles. The first-order valence-electron chi connectivity index (χ1n) is 6.88. The quantitative estimate of drug-likeness (QED) is 0.661. The van der Waals surface area contributed by atoms with E-state index in [1.165, 1.54) is 0 Å². The molecule has 0 aromatic heterocycles. The lowest BCUT2D eigenvalue weighted by molar-refractivity contribution is -0.149. The van der Waals surface area contributed by atoms with Gasteiger partial charge >= 0.3 is 5.97 Å². The second kappa shape index (κ2) is 5.25. The smallest absolute Gasteiger partial charge is 0.311 e. The third kappa shape index (κ3) is 2.41. The summed E-state index contributed by atoms with van der Waals surface area (Å²) in [4.78, 5) is 24.1. The molecule has 4 atom stereocenters. The van der Waals surface area contributed by atoms with Crippen molar-refractivity contribution in [2.75, 3.05) is 6.61 Å². The van der Waals surface area contributed by atoms with E-state index in [4.69, 9.17) is 9.47 Å². The number of nitrogens with one attached hydrogen (secondary N) is 1. The highest BCUT2D eigenvalue weighted by molar-refractivity contribution is 5.94. The Labute approximate surface area is 117 Å². The molecule has 106 valence electrons. The largest absolute Gasteiger partial charge is 0.466 e. The van der Waals surface area contributed by atoms with E-state index in [1.807, 2.05) is 18.2 Å². The number of carbonyl (C=O) groups is 2. The number of hydrogen-bond acceptors (Lipinski definition) is 4. The van der Waals surface area contributed by atoms with Gasteiger partial charge in [0.05, 0.1) is 24.7 Å². The summed E-state index contributed by atoms with van der Waals surface area (Å²) in [6, 6.07) is 8.68. The molecular formula is C15H17NO4. The molecule has 0 radical (unpaired) electrons. The summed E-state index contributed by atoms with van der Waals surface area (Å²) in [5.74, 6) is -0.728. The Morgan fingerprint density at radius 3 is 2.80 bits per heavy atom. The lowest BCUT2D eigenvalue weighted by Gasteiger charge is -2.21. The van der Waals surface area contributed by atoms with Crippen molar-refractivity contribution in [3.05, 3.63) is 35.9 Å². The molecule has 2 fully saturated rings. The Morgan fingerprint density at radius 2 is 2.10 bits per heavy atom. The molecule has 5 heteroatoms. The topological polar surface area (TPSA) is 67.9 Å². The van der Waals surface area contributed by atoms with Crippen molar-refractivity contribution in [2.24, 2.45) is 5.92 Å². The summed E-state index contributed by atoms with van der Waals surface area (Å²) >= 11 is 0. The van der Waals surface area contributed by atoms with Crippen LogP contribution in [-0.4, -0.2) is 36.7 Å². The first-order valence-corrected chi connectivity index (χ1v) is 6.88. The van der Waals surface area contributed by atoms with Crippen LogP contribution in [0.5, 0.6) is 0 Å². The number of ether oxygens (including phenoxy) is 2. The van der Waals surface area contributed by atoms with Gasteiger partial charge in [-0.2, -0.15) is 0 Å². The molecule has 1 N–H and O–H groups in total. The number of esters is 1. The van der Waals surface area contributed by atoms with Gasteiger partial charge in [-0.1, -0.05) is 18.2 Å². The van der Waals surface area contributed by atoms with Crippen molar-refractivity contribution in [1.29, 1.82) is 0 Å². The molecule has 0 unspecified atom stereocenters. The summed E-state index contributed by atoms with van der Waals surface area (Å²) in [7, 11) is 0. The first-order chi connectivity index (χ1) is 9.70. The lowest BCUT2D eigenvalue weighted by Crippen LogP contribution is -2.44. The average Bonchev–Trinajstić information content (AvgIpc) is 3.15. The number of amides is 1. The van der Waals surface area contributed by atoms with Gasteiger partial charge in [0.2, 0.25) is 0 Å². The molecule has 1 aromatic rings. The van der Waals surface area contributed by atoms with Crippen molar-refractivity contribution < 1.29 is 19.1 Å². The molecule has 1 aromatic carbocycles. The molecule has 1 aliphatic heterocycles. The minimum Gasteiger partial charge on any atom is -0.466 e. The second-order valence-electron chi connectivity index (χ2n) is 5.10. The van der Waals surface area contributed by atoms with Crippen LogP contribution < -0.4 is 5.32 Å². The molecule has 5 nitrogen and oxygen atoms in total. The minimum atomic E-state index is -0.300. The number of carbonyl (C=O) groups excluding carboxylic acids is 2. The number of epoxide rings is 1. The van der Waals surface area contributed by atoms with Crippen molar-refractivity contribution in [1.82, 2.24) is 5.32 Å². The molecule has 1 saturated carbocycles. The van der Waals surface area contributed by atoms with E-state index < -0.39 is 0 Å². The zero-order chi connectivity index (χ0) is 14.1. The minimum absolute atomic E-state index is 0.0444. The molecule has 2 aliphatic rings. The fraction of sp³-hybridized carbons (Fsp3) is 0.467. The third-order valence-corrected chi connectivity index (χ3v) is 3.82. The van der Waals surface area contributed by atoms with Gasteiger partial charge in [0.1, 0.15) is 6.10 Å². The van der Waals surface area contributed by atoms with E-state index in [9.17, 15) is 9.59 Å². The summed E-state index contributed by atoms with van der Waals surface area (Å²) in [6.45, 7) is 2.13. The van der Waals surface area contributed by atoms with Crippen molar-refractivity contribution in [3.63, 3.8) is 0 Å². The second-order valence-corrected chi connectivity index (χ2v) is 5.10. The summed E-state index contributed by atoms with van der Waals surface area (Å²) in [6.07, 6.45) is 0.672. The normalized spacial score (nSPS) is 30.4. The number of rotatable bonds is 4. The van der Waals surface area contributed by atoms with E-state index in [0.29, 0.717) is 18.6 Å². The molecule has 20 heavy (non-hydrogen) atoms. The van der Waals surface area contributed by atoms with Crippen LogP contribution in [-0.2, 0) is 14.3 Å². The van der Waals surface area contributed by atoms with Crippen molar-refractivity contribution >= 4 is 11.9 Å². The van der Waals surface area contributed by atoms with Gasteiger partial charge in [-0.05, 0) is 25.5 Å². The maximum Gasteiger partial charge on any atom is 0.311 e. The molecular weight excluding hydrogens is 258 g/mol. The highest BCUT2D eigenvalue weighted by Gasteiger charge is 2.58. The number of fused-ring (bicyclic) bond motifs is 1. The SMILES string of the molecule is CCOC(=O)[C@H]1C[C@H]2O[C@H]2[C@H]1NC(=O)c1ccccc1. The Hall–Kier alpha value is -1.88. The van der Waals surface area contributed by atoms with Crippen LogP contribution in [0.1, 0.15) is 23.7 Å². The standard InChI is InChI=1S/C15H17NO4/c1-2-19-15(18)10-8-11-13(20-11)12(10)16-14(17)9-6-4-3-5-7-9/h3-7,10-13H,2,8H2,1H3,(H,16,17)/t10-,11+,12-,13+/m0/s1. The summed E-state index contributed by atoms with van der Waals surface area (Å²) < 4.78 is 10.5. The molecule has 3 rings (SSSR count). The van der Waals surface area contributed by atoms with Gasteiger partial charge in [-0.15, -0.1) is 0 Å². The van der Waals surface area contributed by atoms with Crippen molar-refractivity contribution in [2.45, 2.75) is 31.6 Å². The van der Waals surface area contributed by atoms with Crippen LogP contribution in [0.3, 0.4) is 0 Å². The monoisotopic (exact) mass is 275 g/mol. The first kappa shape index (κ1) is 13.1. The zero-order valence-electron chi connectivity index (χ0n) is 11.2. The summed E-state index contributed by atoms with van der Waals surface area (Å²) in [5, 5.41) is 2.91. The maximum absolute atomic E-state index is 12.2. The highest BCUT2D eigenvalue weighted by atomic mass is 16.6. The fourth-order valence-corrected chi connectivity index (χ4v) is 2.79. The highest BCUT2D eigenvalue weighted by Crippen LogP contribution is 2.43. The lowest BCUT2D eigenvalue weighted by atomic mass is 10.0. The van der Waals surface area contributed by atoms with E-state index in [-0.39, 0.29) is 36.0 Å². The van der Waals surface area contributed by atoms with Gasteiger partial charge in [0.25, 0.3) is 5.91 Å². The Balaban J connectivity index is 1.69. The fourth-order valence-electron chi connectivity index (χ4n) is 2.79. The van der Waals surface area contributed by atoms with Crippen LogP contribution in [0, 0.1) is 5.92 Å². The Bertz CT molecular complexity index is 516. The van der Waals surface area contributed by atoms with Gasteiger partial charge in [0.15, 0.2) is 0 Å². The predicted molar refractivity (Wildman–Crippen MR) is 71.1 cm³/mol. The molecule has 0 bridgehead atoms. The molecule has 1 aliphatic carbocycles.